The van der Waals surface area contributed by atoms with E-state index in [1.165, 1.54) is 30.3 Å². The van der Waals surface area contributed by atoms with Crippen molar-refractivity contribution in [1.29, 1.82) is 0 Å². The number of nitrogens with two attached hydrogens (primary N) is 1. The fourth-order valence-electron chi connectivity index (χ4n) is 2.15. The van der Waals surface area contributed by atoms with Gasteiger partial charge in [0, 0.05) is 12.2 Å². The number of rotatable bonds is 8. The zero-order valence-corrected chi connectivity index (χ0v) is 15.0. The van der Waals surface area contributed by atoms with Crippen LogP contribution in [0.3, 0.4) is 0 Å². The highest BCUT2D eigenvalue weighted by molar-refractivity contribution is 5.97. The molecule has 5 nitrogen and oxygen atoms in total. The number of anilines is 1. The summed E-state index contributed by atoms with van der Waals surface area (Å²) in [6.45, 7) is 2.62. The van der Waals surface area contributed by atoms with Crippen molar-refractivity contribution in [2.75, 3.05) is 25.1 Å². The number of para-hydroxylation sites is 1. The Labute approximate surface area is 156 Å². The second kappa shape index (κ2) is 9.94. The van der Waals surface area contributed by atoms with Crippen LogP contribution in [0.2, 0.25) is 0 Å². The first-order chi connectivity index (χ1) is 12.0. The van der Waals surface area contributed by atoms with Crippen molar-refractivity contribution < 1.29 is 23.0 Å². The number of alkyl halides is 2. The zero-order chi connectivity index (χ0) is 18.3. The summed E-state index contributed by atoms with van der Waals surface area (Å²) in [5.74, 6) is -4.65. The second-order valence-corrected chi connectivity index (χ2v) is 5.12. The third-order valence-electron chi connectivity index (χ3n) is 3.31. The Morgan fingerprint density at radius 1 is 1.12 bits per heavy atom. The lowest BCUT2D eigenvalue weighted by Crippen LogP contribution is -2.32. The largest absolute Gasteiger partial charge is 0.493 e. The number of carbonyl (C=O) groups excluding carboxylic acids is 1. The molecule has 2 aromatic rings. The predicted molar refractivity (Wildman–Crippen MR) is 98.4 cm³/mol. The van der Waals surface area contributed by atoms with Gasteiger partial charge in [-0.15, -0.1) is 12.4 Å². The van der Waals surface area contributed by atoms with Gasteiger partial charge in [0.05, 0.1) is 12.2 Å². The lowest BCUT2D eigenvalue weighted by Gasteiger charge is -2.19. The van der Waals surface area contributed by atoms with Crippen molar-refractivity contribution in [1.82, 2.24) is 0 Å². The Morgan fingerprint density at radius 2 is 1.77 bits per heavy atom. The highest BCUT2D eigenvalue weighted by Crippen LogP contribution is 2.36. The summed E-state index contributed by atoms with van der Waals surface area (Å²) in [6, 6.07) is 11.7. The molecule has 2 rings (SSSR count). The van der Waals surface area contributed by atoms with Crippen LogP contribution in [0.25, 0.3) is 0 Å². The van der Waals surface area contributed by atoms with Crippen molar-refractivity contribution in [2.24, 2.45) is 5.73 Å². The quantitative estimate of drug-likeness (QED) is 0.727. The first-order valence-corrected chi connectivity index (χ1v) is 7.83. The van der Waals surface area contributed by atoms with Crippen LogP contribution in [0.1, 0.15) is 12.5 Å². The van der Waals surface area contributed by atoms with Gasteiger partial charge >= 0.3 is 5.92 Å². The SMILES string of the molecule is CCOc1ccccc1C(F)(F)C(=O)Nc1ccc(OCCN)cc1.Cl. The minimum absolute atomic E-state index is 0. The van der Waals surface area contributed by atoms with Crippen molar-refractivity contribution in [2.45, 2.75) is 12.8 Å². The van der Waals surface area contributed by atoms with Crippen molar-refractivity contribution in [3.05, 3.63) is 54.1 Å². The monoisotopic (exact) mass is 386 g/mol. The minimum atomic E-state index is -3.74. The molecule has 0 bridgehead atoms. The third kappa shape index (κ3) is 5.31. The van der Waals surface area contributed by atoms with Gasteiger partial charge < -0.3 is 20.5 Å². The summed E-state index contributed by atoms with van der Waals surface area (Å²) in [6.07, 6.45) is 0. The van der Waals surface area contributed by atoms with Crippen LogP contribution >= 0.6 is 12.4 Å². The van der Waals surface area contributed by atoms with Gasteiger partial charge in [0.1, 0.15) is 18.1 Å². The van der Waals surface area contributed by atoms with E-state index in [2.05, 4.69) is 5.32 Å². The average molecular weight is 387 g/mol. The summed E-state index contributed by atoms with van der Waals surface area (Å²) in [5.41, 5.74) is 5.09. The summed E-state index contributed by atoms with van der Waals surface area (Å²) < 4.78 is 39.6. The zero-order valence-electron chi connectivity index (χ0n) is 14.2. The second-order valence-electron chi connectivity index (χ2n) is 5.12. The van der Waals surface area contributed by atoms with E-state index in [1.807, 2.05) is 0 Å². The molecule has 0 fully saturated rings. The molecule has 1 amide bonds. The Balaban J connectivity index is 0.00000338. The Morgan fingerprint density at radius 3 is 2.38 bits per heavy atom. The normalized spacial score (nSPS) is 10.6. The summed E-state index contributed by atoms with van der Waals surface area (Å²) >= 11 is 0. The number of ether oxygens (including phenoxy) is 2. The highest BCUT2D eigenvalue weighted by Gasteiger charge is 2.43. The first kappa shape index (κ1) is 21.7. The van der Waals surface area contributed by atoms with E-state index in [-0.39, 0.29) is 30.5 Å². The summed E-state index contributed by atoms with van der Waals surface area (Å²) in [7, 11) is 0. The number of halogens is 3. The maximum atomic E-state index is 14.5. The summed E-state index contributed by atoms with van der Waals surface area (Å²) in [4.78, 5) is 12.1. The van der Waals surface area contributed by atoms with Crippen molar-refractivity contribution >= 4 is 24.0 Å². The molecule has 0 aliphatic rings. The van der Waals surface area contributed by atoms with Crippen LogP contribution in [0.5, 0.6) is 11.5 Å². The molecule has 0 atom stereocenters. The molecule has 142 valence electrons. The molecule has 0 spiro atoms. The van der Waals surface area contributed by atoms with Crippen LogP contribution in [0, 0.1) is 0 Å². The van der Waals surface area contributed by atoms with Gasteiger partial charge in [-0.1, -0.05) is 12.1 Å². The van der Waals surface area contributed by atoms with E-state index in [9.17, 15) is 13.6 Å². The van der Waals surface area contributed by atoms with Crippen LogP contribution in [0.15, 0.2) is 48.5 Å². The Hall–Kier alpha value is -2.38. The lowest BCUT2D eigenvalue weighted by atomic mass is 10.1. The molecule has 0 saturated heterocycles. The van der Waals surface area contributed by atoms with E-state index in [0.717, 1.165) is 0 Å². The number of hydrogen-bond donors (Lipinski definition) is 2. The van der Waals surface area contributed by atoms with E-state index in [1.54, 1.807) is 25.1 Å². The Bertz CT molecular complexity index is 712. The molecule has 26 heavy (non-hydrogen) atoms. The number of nitrogens with one attached hydrogen (secondary N) is 1. The van der Waals surface area contributed by atoms with Crippen LogP contribution in [0.4, 0.5) is 14.5 Å². The molecule has 0 aliphatic heterocycles. The average Bonchev–Trinajstić information content (AvgIpc) is 2.61. The molecular weight excluding hydrogens is 366 g/mol. The molecule has 3 N–H and O–H groups in total. The molecular formula is C18H21ClF2N2O3. The van der Waals surface area contributed by atoms with Gasteiger partial charge in [0.2, 0.25) is 0 Å². The lowest BCUT2D eigenvalue weighted by molar-refractivity contribution is -0.141. The molecule has 8 heteroatoms. The molecule has 0 aliphatic carbocycles. The molecule has 2 aromatic carbocycles. The van der Waals surface area contributed by atoms with Crippen LogP contribution in [-0.4, -0.2) is 25.7 Å². The maximum Gasteiger partial charge on any atom is 0.353 e. The van der Waals surface area contributed by atoms with E-state index in [4.69, 9.17) is 15.2 Å². The van der Waals surface area contributed by atoms with Gasteiger partial charge in [-0.3, -0.25) is 4.79 Å². The molecule has 0 aromatic heterocycles. The fourth-order valence-corrected chi connectivity index (χ4v) is 2.15. The molecule has 0 saturated carbocycles. The third-order valence-corrected chi connectivity index (χ3v) is 3.31. The van der Waals surface area contributed by atoms with Crippen LogP contribution < -0.4 is 20.5 Å². The fraction of sp³-hybridized carbons (Fsp3) is 0.278. The molecule has 0 radical (unpaired) electrons. The minimum Gasteiger partial charge on any atom is -0.493 e. The van der Waals surface area contributed by atoms with Crippen molar-refractivity contribution in [3.63, 3.8) is 0 Å². The van der Waals surface area contributed by atoms with Crippen molar-refractivity contribution in [3.8, 4) is 11.5 Å². The van der Waals surface area contributed by atoms with E-state index >= 15 is 0 Å². The smallest absolute Gasteiger partial charge is 0.353 e. The predicted octanol–water partition coefficient (Wildman–Crippen LogP) is 3.58. The van der Waals surface area contributed by atoms with E-state index in [0.29, 0.717) is 18.9 Å². The topological polar surface area (TPSA) is 73.6 Å². The number of carbonyl (C=O) groups is 1. The summed E-state index contributed by atoms with van der Waals surface area (Å²) in [5, 5.41) is 2.21. The highest BCUT2D eigenvalue weighted by atomic mass is 35.5. The standard InChI is InChI=1S/C18H20F2N2O3.ClH/c1-2-24-16-6-4-3-5-15(16)18(19,20)17(23)22-13-7-9-14(10-8-13)25-12-11-21;/h3-10H,2,11-12,21H2,1H3,(H,22,23);1H. The number of amides is 1. The van der Waals surface area contributed by atoms with Gasteiger partial charge in [-0.25, -0.2) is 0 Å². The number of hydrogen-bond acceptors (Lipinski definition) is 4. The number of benzene rings is 2. The maximum absolute atomic E-state index is 14.5. The van der Waals surface area contributed by atoms with Gasteiger partial charge in [-0.2, -0.15) is 8.78 Å². The van der Waals surface area contributed by atoms with Gasteiger partial charge in [-0.05, 0) is 43.3 Å². The van der Waals surface area contributed by atoms with E-state index < -0.39 is 17.4 Å². The van der Waals surface area contributed by atoms with Gasteiger partial charge in [0.15, 0.2) is 0 Å². The first-order valence-electron chi connectivity index (χ1n) is 7.83. The van der Waals surface area contributed by atoms with Crippen LogP contribution in [-0.2, 0) is 10.7 Å². The van der Waals surface area contributed by atoms with Gasteiger partial charge in [0.25, 0.3) is 5.91 Å². The Kier molecular flexibility index (Phi) is 8.28. The molecule has 0 unspecified atom stereocenters. The molecule has 0 heterocycles.